The highest BCUT2D eigenvalue weighted by Crippen LogP contribution is 2.29. The van der Waals surface area contributed by atoms with E-state index in [0.29, 0.717) is 27.6 Å². The molecule has 1 aliphatic rings. The maximum Gasteiger partial charge on any atom is 0.147 e. The molecule has 2 N–H and O–H groups in total. The van der Waals surface area contributed by atoms with Crippen molar-refractivity contribution in [3.8, 4) is 0 Å². The summed E-state index contributed by atoms with van der Waals surface area (Å²) in [4.78, 5) is 6.89. The highest BCUT2D eigenvalue weighted by Gasteiger charge is 2.18. The van der Waals surface area contributed by atoms with Crippen molar-refractivity contribution in [1.29, 1.82) is 0 Å². The molecule has 1 aromatic heterocycles. The number of piperidine rings is 1. The van der Waals surface area contributed by atoms with Gasteiger partial charge in [0.1, 0.15) is 11.6 Å². The number of hydrogen-bond acceptors (Lipinski definition) is 4. The number of aromatic nitrogens is 1. The van der Waals surface area contributed by atoms with Crippen molar-refractivity contribution >= 4 is 34.8 Å². The van der Waals surface area contributed by atoms with Crippen LogP contribution in [0, 0.1) is 5.92 Å². The van der Waals surface area contributed by atoms with Crippen LogP contribution in [0.4, 0.5) is 11.6 Å². The molecule has 0 radical (unpaired) electrons. The first-order valence-electron chi connectivity index (χ1n) is 7.62. The number of anilines is 2. The maximum atomic E-state index is 6.23. The van der Waals surface area contributed by atoms with E-state index in [4.69, 9.17) is 23.2 Å². The zero-order chi connectivity index (χ0) is 15.2. The van der Waals surface area contributed by atoms with Gasteiger partial charge in [-0.3, -0.25) is 0 Å². The normalized spacial score (nSPS) is 19.5. The largest absolute Gasteiger partial charge is 0.369 e. The Balaban J connectivity index is 1.98. The van der Waals surface area contributed by atoms with E-state index in [9.17, 15) is 0 Å². The number of rotatable bonds is 6. The van der Waals surface area contributed by atoms with Gasteiger partial charge in [0.15, 0.2) is 0 Å². The van der Waals surface area contributed by atoms with E-state index in [1.807, 2.05) is 0 Å². The molecule has 2 heterocycles. The van der Waals surface area contributed by atoms with Gasteiger partial charge in [-0.05, 0) is 44.8 Å². The van der Waals surface area contributed by atoms with Crippen molar-refractivity contribution in [2.45, 2.75) is 26.2 Å². The van der Waals surface area contributed by atoms with Crippen molar-refractivity contribution in [3.05, 3.63) is 16.1 Å². The average molecular weight is 331 g/mol. The van der Waals surface area contributed by atoms with Crippen LogP contribution in [-0.2, 0) is 0 Å². The van der Waals surface area contributed by atoms with Gasteiger partial charge in [0.25, 0.3) is 0 Å². The Hall–Kier alpha value is -0.710. The van der Waals surface area contributed by atoms with Crippen LogP contribution in [0.15, 0.2) is 6.07 Å². The lowest BCUT2D eigenvalue weighted by atomic mass is 9.98. The molecule has 0 amide bonds. The fraction of sp³-hybridized carbons (Fsp3) is 0.667. The van der Waals surface area contributed by atoms with E-state index in [0.717, 1.165) is 26.1 Å². The molecule has 0 saturated carbocycles. The van der Waals surface area contributed by atoms with E-state index in [1.165, 1.54) is 19.4 Å². The number of hydrogen-bond donors (Lipinski definition) is 2. The van der Waals surface area contributed by atoms with E-state index in [2.05, 4.69) is 34.5 Å². The molecule has 118 valence electrons. The second kappa shape index (κ2) is 8.06. The highest BCUT2D eigenvalue weighted by molar-refractivity contribution is 6.37. The zero-order valence-electron chi connectivity index (χ0n) is 12.8. The Morgan fingerprint density at radius 1 is 1.29 bits per heavy atom. The molecule has 0 bridgehead atoms. The molecular weight excluding hydrogens is 307 g/mol. The third-order valence-electron chi connectivity index (χ3n) is 3.75. The Kier molecular flexibility index (Phi) is 6.40. The van der Waals surface area contributed by atoms with Gasteiger partial charge in [-0.15, -0.1) is 0 Å². The van der Waals surface area contributed by atoms with Crippen LogP contribution in [-0.4, -0.2) is 43.1 Å². The minimum absolute atomic E-state index is 0.566. The minimum atomic E-state index is 0.566. The molecule has 1 aliphatic heterocycles. The van der Waals surface area contributed by atoms with Crippen molar-refractivity contribution < 1.29 is 0 Å². The van der Waals surface area contributed by atoms with Gasteiger partial charge in [0.05, 0.1) is 10.0 Å². The number of nitrogens with zero attached hydrogens (tertiary/aromatic N) is 2. The Morgan fingerprint density at radius 3 is 2.67 bits per heavy atom. The first-order chi connectivity index (χ1) is 10.1. The van der Waals surface area contributed by atoms with Gasteiger partial charge >= 0.3 is 0 Å². The summed E-state index contributed by atoms with van der Waals surface area (Å²) in [5, 5.41) is 7.75. The van der Waals surface area contributed by atoms with Crippen molar-refractivity contribution in [1.82, 2.24) is 9.88 Å². The summed E-state index contributed by atoms with van der Waals surface area (Å²) < 4.78 is 0. The van der Waals surface area contributed by atoms with Crippen LogP contribution in [0.5, 0.6) is 0 Å². The summed E-state index contributed by atoms with van der Waals surface area (Å²) in [6.07, 6.45) is 3.54. The van der Waals surface area contributed by atoms with Gasteiger partial charge in [-0.1, -0.05) is 30.1 Å². The molecule has 1 unspecified atom stereocenters. The van der Waals surface area contributed by atoms with Crippen molar-refractivity contribution in [3.63, 3.8) is 0 Å². The predicted molar refractivity (Wildman–Crippen MR) is 91.7 cm³/mol. The third-order valence-corrected chi connectivity index (χ3v) is 4.33. The Labute approximate surface area is 137 Å². The lowest BCUT2D eigenvalue weighted by molar-refractivity contribution is 0.217. The molecular formula is C15H24Cl2N4. The molecule has 6 heteroatoms. The van der Waals surface area contributed by atoms with E-state index >= 15 is 0 Å². The molecule has 2 rings (SSSR count). The molecule has 1 atom stereocenters. The smallest absolute Gasteiger partial charge is 0.147 e. The Bertz CT molecular complexity index is 467. The topological polar surface area (TPSA) is 40.2 Å². The maximum absolute atomic E-state index is 6.23. The number of likely N-dealkylation sites (tertiary alicyclic amines) is 1. The number of pyridine rings is 1. The zero-order valence-corrected chi connectivity index (χ0v) is 14.3. The average Bonchev–Trinajstić information content (AvgIpc) is 2.45. The van der Waals surface area contributed by atoms with E-state index in [-0.39, 0.29) is 0 Å². The quantitative estimate of drug-likeness (QED) is 0.828. The van der Waals surface area contributed by atoms with Crippen LogP contribution in [0.1, 0.15) is 26.2 Å². The second-order valence-electron chi connectivity index (χ2n) is 5.73. The van der Waals surface area contributed by atoms with Gasteiger partial charge < -0.3 is 15.5 Å². The molecule has 4 nitrogen and oxygen atoms in total. The van der Waals surface area contributed by atoms with Gasteiger partial charge in [0.2, 0.25) is 0 Å². The van der Waals surface area contributed by atoms with Crippen LogP contribution < -0.4 is 10.6 Å². The lowest BCUT2D eigenvalue weighted by Gasteiger charge is -2.30. The summed E-state index contributed by atoms with van der Waals surface area (Å²) in [6.45, 7) is 6.17. The number of nitrogens with one attached hydrogen (secondary N) is 2. The molecule has 0 spiro atoms. The van der Waals surface area contributed by atoms with Gasteiger partial charge in [-0.2, -0.15) is 0 Å². The fourth-order valence-corrected chi connectivity index (χ4v) is 3.13. The predicted octanol–water partition coefficient (Wildman–Crippen LogP) is 3.96. The second-order valence-corrected chi connectivity index (χ2v) is 6.54. The standard InChI is InChI=1S/C15H24Cl2N4/c1-3-6-18-14-12(16)8-13(17)15(20-14)19-9-11-5-4-7-21(2)10-11/h8,11H,3-7,9-10H2,1-2H3,(H2,18,19,20). The fourth-order valence-electron chi connectivity index (χ4n) is 2.64. The summed E-state index contributed by atoms with van der Waals surface area (Å²) >= 11 is 12.4. The van der Waals surface area contributed by atoms with E-state index in [1.54, 1.807) is 6.07 Å². The number of halogens is 2. The lowest BCUT2D eigenvalue weighted by Crippen LogP contribution is -2.35. The third kappa shape index (κ3) is 4.90. The van der Waals surface area contributed by atoms with Crippen molar-refractivity contribution in [2.75, 3.05) is 43.9 Å². The molecule has 1 fully saturated rings. The summed E-state index contributed by atoms with van der Waals surface area (Å²) in [5.41, 5.74) is 0. The van der Waals surface area contributed by atoms with Gasteiger partial charge in [-0.25, -0.2) is 4.98 Å². The minimum Gasteiger partial charge on any atom is -0.369 e. The summed E-state index contributed by atoms with van der Waals surface area (Å²) in [5.74, 6) is 2.06. The van der Waals surface area contributed by atoms with Crippen molar-refractivity contribution in [2.24, 2.45) is 5.92 Å². The molecule has 1 saturated heterocycles. The van der Waals surface area contributed by atoms with Crippen LogP contribution in [0.3, 0.4) is 0 Å². The summed E-state index contributed by atoms with van der Waals surface area (Å²) in [6, 6.07) is 1.75. The summed E-state index contributed by atoms with van der Waals surface area (Å²) in [7, 11) is 2.17. The SMILES string of the molecule is CCCNc1nc(NCC2CCCN(C)C2)c(Cl)cc1Cl. The molecule has 0 aliphatic carbocycles. The molecule has 21 heavy (non-hydrogen) atoms. The highest BCUT2D eigenvalue weighted by atomic mass is 35.5. The van der Waals surface area contributed by atoms with E-state index < -0.39 is 0 Å². The van der Waals surface area contributed by atoms with Gasteiger partial charge in [0, 0.05) is 19.6 Å². The van der Waals surface area contributed by atoms with Crippen LogP contribution in [0.25, 0.3) is 0 Å². The Morgan fingerprint density at radius 2 is 2.00 bits per heavy atom. The first kappa shape index (κ1) is 16.7. The molecule has 1 aromatic rings. The van der Waals surface area contributed by atoms with Crippen LogP contribution >= 0.6 is 23.2 Å². The first-order valence-corrected chi connectivity index (χ1v) is 8.38. The van der Waals surface area contributed by atoms with Crippen LogP contribution in [0.2, 0.25) is 10.0 Å². The monoisotopic (exact) mass is 330 g/mol. The molecule has 0 aromatic carbocycles.